The molecule has 2 atom stereocenters. The number of rotatable bonds is 3. The van der Waals surface area contributed by atoms with Crippen LogP contribution in [0, 0.1) is 12.8 Å². The molecule has 176 valence electrons. The Morgan fingerprint density at radius 2 is 1.91 bits per heavy atom. The van der Waals surface area contributed by atoms with Crippen molar-refractivity contribution in [3.05, 3.63) is 47.9 Å². The highest BCUT2D eigenvalue weighted by Crippen LogP contribution is 2.33. The Hall–Kier alpha value is -3.49. The Bertz CT molecular complexity index is 1020. The van der Waals surface area contributed by atoms with E-state index >= 15 is 0 Å². The predicted molar refractivity (Wildman–Crippen MR) is 125 cm³/mol. The van der Waals surface area contributed by atoms with Crippen LogP contribution in [0.2, 0.25) is 0 Å². The first kappa shape index (κ1) is 24.2. The lowest BCUT2D eigenvalue weighted by Gasteiger charge is -2.38. The van der Waals surface area contributed by atoms with Crippen molar-refractivity contribution >= 4 is 29.4 Å². The average Bonchev–Trinajstić information content (AvgIpc) is 2.74. The summed E-state index contributed by atoms with van der Waals surface area (Å²) >= 11 is 0. The van der Waals surface area contributed by atoms with Gasteiger partial charge in [0.25, 0.3) is 0 Å². The first-order valence-corrected chi connectivity index (χ1v) is 11.0. The van der Waals surface area contributed by atoms with Crippen LogP contribution in [0.25, 0.3) is 0 Å². The zero-order valence-corrected chi connectivity index (χ0v) is 19.7. The summed E-state index contributed by atoms with van der Waals surface area (Å²) in [6.45, 7) is 9.62. The van der Waals surface area contributed by atoms with Gasteiger partial charge in [0.15, 0.2) is 0 Å². The molecule has 2 N–H and O–H groups in total. The molecule has 0 bridgehead atoms. The molecule has 1 aliphatic rings. The van der Waals surface area contributed by atoms with Crippen molar-refractivity contribution in [3.63, 3.8) is 0 Å². The molecule has 0 spiro atoms. The number of hydrogen-bond donors (Lipinski definition) is 2. The fourth-order valence-corrected chi connectivity index (χ4v) is 3.79. The smallest absolute Gasteiger partial charge is 0.413 e. The van der Waals surface area contributed by atoms with Crippen molar-refractivity contribution in [1.29, 1.82) is 0 Å². The number of aromatic nitrogens is 2. The molecule has 3 heterocycles. The Morgan fingerprint density at radius 3 is 2.55 bits per heavy atom. The van der Waals surface area contributed by atoms with E-state index in [4.69, 9.17) is 4.74 Å². The summed E-state index contributed by atoms with van der Waals surface area (Å²) in [5.74, 6) is -0.706. The van der Waals surface area contributed by atoms with Crippen LogP contribution < -0.4 is 10.6 Å². The molecule has 0 radical (unpaired) electrons. The van der Waals surface area contributed by atoms with Crippen LogP contribution in [0.5, 0.6) is 0 Å². The van der Waals surface area contributed by atoms with Crippen LogP contribution in [0.4, 0.5) is 16.3 Å². The van der Waals surface area contributed by atoms with Crippen molar-refractivity contribution in [1.82, 2.24) is 14.9 Å². The van der Waals surface area contributed by atoms with Crippen LogP contribution in [0.1, 0.15) is 57.7 Å². The van der Waals surface area contributed by atoms with E-state index in [9.17, 15) is 14.4 Å². The first-order valence-electron chi connectivity index (χ1n) is 11.0. The summed E-state index contributed by atoms with van der Waals surface area (Å²) in [6, 6.07) is 5.21. The van der Waals surface area contributed by atoms with Crippen LogP contribution in [0.3, 0.4) is 0 Å². The second-order valence-corrected chi connectivity index (χ2v) is 9.41. The van der Waals surface area contributed by atoms with Crippen molar-refractivity contribution in [2.75, 3.05) is 17.2 Å². The van der Waals surface area contributed by atoms with Gasteiger partial charge in [-0.2, -0.15) is 0 Å². The second-order valence-electron chi connectivity index (χ2n) is 9.41. The van der Waals surface area contributed by atoms with E-state index in [0.29, 0.717) is 29.5 Å². The molecule has 0 saturated carbocycles. The lowest BCUT2D eigenvalue weighted by molar-refractivity contribution is -0.146. The summed E-state index contributed by atoms with van der Waals surface area (Å²) in [6.07, 6.45) is 5.94. The zero-order valence-electron chi connectivity index (χ0n) is 19.7. The standard InChI is InChI=1S/C24H31N5O4/c1-15-8-9-19(17-7-6-10-25-12-17)29(14-15)22(31)21(30)27-18-11-16(2)20(26-13-18)28-23(32)33-24(3,4)5/h6-7,10-13,15,19H,8-9,14H2,1-5H3,(H,27,30)(H,26,28,32)/t15-,19+/m1/s1. The molecule has 3 rings (SSSR count). The number of carbonyl (C=O) groups excluding carboxylic acids is 3. The molecule has 3 amide bonds. The number of nitrogens with zero attached hydrogens (tertiary/aromatic N) is 3. The highest BCUT2D eigenvalue weighted by molar-refractivity contribution is 6.39. The highest BCUT2D eigenvalue weighted by Gasteiger charge is 2.34. The molecule has 2 aromatic heterocycles. The van der Waals surface area contributed by atoms with Gasteiger partial charge in [-0.1, -0.05) is 13.0 Å². The van der Waals surface area contributed by atoms with Crippen molar-refractivity contribution in [2.45, 2.75) is 59.1 Å². The minimum atomic E-state index is -0.730. The van der Waals surface area contributed by atoms with Gasteiger partial charge in [0, 0.05) is 18.9 Å². The second kappa shape index (κ2) is 9.97. The number of pyridine rings is 2. The SMILES string of the molecule is Cc1cc(NC(=O)C(=O)N2C[C@H](C)CC[C@H]2c2cccnc2)cnc1NC(=O)OC(C)(C)C. The van der Waals surface area contributed by atoms with E-state index in [1.54, 1.807) is 51.1 Å². The fraction of sp³-hybridized carbons (Fsp3) is 0.458. The van der Waals surface area contributed by atoms with Gasteiger partial charge in [0.05, 0.1) is 17.9 Å². The zero-order chi connectivity index (χ0) is 24.2. The van der Waals surface area contributed by atoms with E-state index in [2.05, 4.69) is 27.5 Å². The molecule has 0 unspecified atom stereocenters. The quantitative estimate of drug-likeness (QED) is 0.677. The number of nitrogens with one attached hydrogen (secondary N) is 2. The van der Waals surface area contributed by atoms with E-state index < -0.39 is 23.5 Å². The monoisotopic (exact) mass is 453 g/mol. The Kier molecular flexibility index (Phi) is 7.30. The molecule has 9 nitrogen and oxygen atoms in total. The first-order chi connectivity index (χ1) is 15.5. The van der Waals surface area contributed by atoms with E-state index in [1.807, 2.05) is 12.1 Å². The molecule has 0 aliphatic carbocycles. The molecule has 1 fully saturated rings. The summed E-state index contributed by atoms with van der Waals surface area (Å²) in [7, 11) is 0. The Balaban J connectivity index is 1.69. The number of ether oxygens (including phenoxy) is 1. The highest BCUT2D eigenvalue weighted by atomic mass is 16.6. The van der Waals surface area contributed by atoms with Gasteiger partial charge in [-0.05, 0) is 69.7 Å². The lowest BCUT2D eigenvalue weighted by atomic mass is 9.90. The molecular weight excluding hydrogens is 422 g/mol. The summed E-state index contributed by atoms with van der Waals surface area (Å²) in [5.41, 5.74) is 1.27. The van der Waals surface area contributed by atoms with Crippen molar-refractivity contribution in [3.8, 4) is 0 Å². The number of carbonyl (C=O) groups is 3. The minimum Gasteiger partial charge on any atom is -0.444 e. The van der Waals surface area contributed by atoms with Crippen LogP contribution >= 0.6 is 0 Å². The van der Waals surface area contributed by atoms with Crippen molar-refractivity contribution < 1.29 is 19.1 Å². The molecule has 1 saturated heterocycles. The van der Waals surface area contributed by atoms with Crippen LogP contribution in [-0.2, 0) is 14.3 Å². The fourth-order valence-electron chi connectivity index (χ4n) is 3.79. The Morgan fingerprint density at radius 1 is 1.15 bits per heavy atom. The number of likely N-dealkylation sites (tertiary alicyclic amines) is 1. The third-order valence-electron chi connectivity index (χ3n) is 5.30. The van der Waals surface area contributed by atoms with Gasteiger partial charge in [0.1, 0.15) is 11.4 Å². The average molecular weight is 454 g/mol. The van der Waals surface area contributed by atoms with Crippen molar-refractivity contribution in [2.24, 2.45) is 5.92 Å². The maximum absolute atomic E-state index is 13.1. The van der Waals surface area contributed by atoms with Crippen LogP contribution in [0.15, 0.2) is 36.8 Å². The minimum absolute atomic E-state index is 0.187. The number of hydrogen-bond acceptors (Lipinski definition) is 6. The van der Waals surface area contributed by atoms with Crippen LogP contribution in [-0.4, -0.2) is 44.9 Å². The van der Waals surface area contributed by atoms with Gasteiger partial charge in [-0.3, -0.25) is 19.9 Å². The Labute approximate surface area is 193 Å². The maximum Gasteiger partial charge on any atom is 0.413 e. The van der Waals surface area contributed by atoms with E-state index in [1.165, 1.54) is 6.20 Å². The molecule has 9 heteroatoms. The molecule has 33 heavy (non-hydrogen) atoms. The third kappa shape index (κ3) is 6.50. The van der Waals surface area contributed by atoms with Gasteiger partial charge in [-0.15, -0.1) is 0 Å². The normalized spacial score (nSPS) is 18.4. The molecule has 0 aromatic carbocycles. The van der Waals surface area contributed by atoms with E-state index in [0.717, 1.165) is 18.4 Å². The number of anilines is 2. The van der Waals surface area contributed by atoms with Gasteiger partial charge < -0.3 is 15.0 Å². The molecular formula is C24H31N5O4. The molecule has 2 aromatic rings. The van der Waals surface area contributed by atoms with Gasteiger partial charge >= 0.3 is 17.9 Å². The lowest BCUT2D eigenvalue weighted by Crippen LogP contribution is -2.46. The number of amides is 3. The third-order valence-corrected chi connectivity index (χ3v) is 5.30. The predicted octanol–water partition coefficient (Wildman–Crippen LogP) is 4.07. The number of aryl methyl sites for hydroxylation is 1. The summed E-state index contributed by atoms with van der Waals surface area (Å²) in [5, 5.41) is 5.22. The summed E-state index contributed by atoms with van der Waals surface area (Å²) < 4.78 is 5.23. The maximum atomic E-state index is 13.1. The summed E-state index contributed by atoms with van der Waals surface area (Å²) in [4.78, 5) is 47.8. The van der Waals surface area contributed by atoms with E-state index in [-0.39, 0.29) is 6.04 Å². The topological polar surface area (TPSA) is 114 Å². The van der Waals surface area contributed by atoms with Gasteiger partial charge in [-0.25, -0.2) is 9.78 Å². The largest absolute Gasteiger partial charge is 0.444 e. The number of piperidine rings is 1. The molecule has 1 aliphatic heterocycles. The van der Waals surface area contributed by atoms with Gasteiger partial charge in [0.2, 0.25) is 0 Å².